The minimum atomic E-state index is 0.777. The van der Waals surface area contributed by atoms with Gasteiger partial charge in [0.25, 0.3) is 0 Å². The lowest BCUT2D eigenvalue weighted by atomic mass is 10.4. The lowest BCUT2D eigenvalue weighted by Gasteiger charge is -1.89. The number of nitrogens with zero attached hydrogens (tertiary/aromatic N) is 1. The largest absolute Gasteiger partial charge is 0.192 e. The van der Waals surface area contributed by atoms with E-state index in [1.54, 1.807) is 11.3 Å². The van der Waals surface area contributed by atoms with Crippen LogP contribution in [0.15, 0.2) is 11.0 Å². The summed E-state index contributed by atoms with van der Waals surface area (Å²) in [7, 11) is 0. The molecule has 0 unspecified atom stereocenters. The highest BCUT2D eigenvalue weighted by Gasteiger charge is 2.11. The van der Waals surface area contributed by atoms with E-state index in [0.717, 1.165) is 16.2 Å². The van der Waals surface area contributed by atoms with Gasteiger partial charge in [-0.25, -0.2) is 0 Å². The van der Waals surface area contributed by atoms with Gasteiger partial charge in [0.15, 0.2) is 0 Å². The van der Waals surface area contributed by atoms with Gasteiger partial charge < -0.3 is 0 Å². The molecule has 0 fully saturated rings. The van der Waals surface area contributed by atoms with Crippen LogP contribution in [0.4, 0.5) is 0 Å². The van der Waals surface area contributed by atoms with Crippen LogP contribution in [-0.4, -0.2) is 0 Å². The normalized spacial score (nSPS) is 10.5. The first-order chi connectivity index (χ1) is 6.26. The number of fused-ring (bicyclic) bond motifs is 1. The molecule has 0 aromatic carbocycles. The molecule has 2 rings (SSSR count). The predicted octanol–water partition coefficient (Wildman–Crippen LogP) is 3.69. The second kappa shape index (κ2) is 3.33. The van der Waals surface area contributed by atoms with Gasteiger partial charge in [0.05, 0.1) is 4.70 Å². The summed E-state index contributed by atoms with van der Waals surface area (Å²) in [6, 6.07) is 4.11. The van der Waals surface area contributed by atoms with Crippen LogP contribution in [0.5, 0.6) is 0 Å². The molecule has 0 saturated heterocycles. The minimum absolute atomic E-state index is 0.777. The third kappa shape index (κ3) is 1.37. The summed E-state index contributed by atoms with van der Waals surface area (Å²) in [6.07, 6.45) is 1.02. The summed E-state index contributed by atoms with van der Waals surface area (Å²) in [4.78, 5) is 3.15. The minimum Gasteiger partial charge on any atom is -0.192 e. The van der Waals surface area contributed by atoms with Crippen molar-refractivity contribution in [3.05, 3.63) is 15.8 Å². The maximum atomic E-state index is 8.71. The Hall–Kier alpha value is -0.500. The Morgan fingerprint density at radius 3 is 2.85 bits per heavy atom. The van der Waals surface area contributed by atoms with Crippen LogP contribution >= 0.6 is 35.3 Å². The van der Waals surface area contributed by atoms with Crippen LogP contribution in [0.3, 0.4) is 0 Å². The average molecular weight is 225 g/mol. The van der Waals surface area contributed by atoms with Crippen molar-refractivity contribution in [3.63, 3.8) is 0 Å². The van der Waals surface area contributed by atoms with Crippen molar-refractivity contribution in [2.24, 2.45) is 0 Å². The summed E-state index contributed by atoms with van der Waals surface area (Å²) < 4.78 is 2.37. The van der Waals surface area contributed by atoms with E-state index in [4.69, 9.17) is 5.26 Å². The van der Waals surface area contributed by atoms with Crippen molar-refractivity contribution in [2.75, 3.05) is 0 Å². The van der Waals surface area contributed by atoms with E-state index >= 15 is 0 Å². The molecule has 0 aliphatic rings. The van der Waals surface area contributed by atoms with E-state index < -0.39 is 0 Å². The van der Waals surface area contributed by atoms with E-state index in [9.17, 15) is 0 Å². The predicted molar refractivity (Wildman–Crippen MR) is 61.0 cm³/mol. The van der Waals surface area contributed by atoms with E-state index in [-0.39, 0.29) is 0 Å². The maximum Gasteiger partial charge on any atom is 0.110 e. The lowest BCUT2D eigenvalue weighted by Crippen LogP contribution is -1.70. The first-order valence-electron chi connectivity index (χ1n) is 3.90. The van der Waals surface area contributed by atoms with Crippen molar-refractivity contribution in [1.82, 2.24) is 0 Å². The molecule has 0 amide bonds. The molecule has 2 aromatic rings. The van der Waals surface area contributed by atoms with Gasteiger partial charge in [-0.1, -0.05) is 6.92 Å². The average Bonchev–Trinajstić information content (AvgIpc) is 2.65. The zero-order valence-corrected chi connectivity index (χ0v) is 9.52. The van der Waals surface area contributed by atoms with E-state index in [0.29, 0.717) is 0 Å². The molecule has 0 radical (unpaired) electrons. The molecule has 0 atom stereocenters. The molecule has 2 aromatic heterocycles. The fourth-order valence-electron chi connectivity index (χ4n) is 1.22. The molecule has 4 heteroatoms. The van der Waals surface area contributed by atoms with Crippen molar-refractivity contribution in [1.29, 1.82) is 5.26 Å². The van der Waals surface area contributed by atoms with Gasteiger partial charge in [-0.3, -0.25) is 0 Å². The summed E-state index contributed by atoms with van der Waals surface area (Å²) in [5.41, 5.74) is 0. The molecule has 66 valence electrons. The Kier molecular flexibility index (Phi) is 2.33. The van der Waals surface area contributed by atoms with E-state index in [2.05, 4.69) is 25.6 Å². The molecule has 0 bridgehead atoms. The number of rotatable bonds is 1. The highest BCUT2D eigenvalue weighted by Crippen LogP contribution is 2.39. The first kappa shape index (κ1) is 9.07. The lowest BCUT2D eigenvalue weighted by molar-refractivity contribution is 1.15. The Morgan fingerprint density at radius 2 is 2.31 bits per heavy atom. The van der Waals surface area contributed by atoms with Crippen molar-refractivity contribution >= 4 is 44.7 Å². The third-order valence-corrected chi connectivity index (χ3v) is 5.11. The monoisotopic (exact) mass is 225 g/mol. The second-order valence-corrected chi connectivity index (χ2v) is 5.28. The fraction of sp³-hybridized carbons (Fsp3) is 0.222. The molecule has 2 heterocycles. The molecule has 0 N–H and O–H groups in total. The summed E-state index contributed by atoms with van der Waals surface area (Å²) in [5, 5.41) is 8.71. The molecule has 0 saturated carbocycles. The van der Waals surface area contributed by atoms with Gasteiger partial charge in [-0.15, -0.1) is 35.3 Å². The highest BCUT2D eigenvalue weighted by atomic mass is 32.1. The molecular weight excluding hydrogens is 218 g/mol. The second-order valence-electron chi connectivity index (χ2n) is 2.64. The van der Waals surface area contributed by atoms with Crippen LogP contribution in [0, 0.1) is 11.3 Å². The number of thiol groups is 1. The Labute approximate surface area is 90.0 Å². The number of hydrogen-bond acceptors (Lipinski definition) is 4. The van der Waals surface area contributed by atoms with Gasteiger partial charge in [0.1, 0.15) is 10.9 Å². The topological polar surface area (TPSA) is 23.8 Å². The number of hydrogen-bond donors (Lipinski definition) is 1. The molecule has 1 nitrogen and oxygen atoms in total. The van der Waals surface area contributed by atoms with Crippen LogP contribution in [0.1, 0.15) is 16.7 Å². The molecular formula is C9H7NS3. The van der Waals surface area contributed by atoms with Crippen molar-refractivity contribution in [3.8, 4) is 6.07 Å². The Bertz CT molecular complexity index is 487. The Balaban J connectivity index is 2.71. The number of thiophene rings is 2. The number of aryl methyl sites for hydroxylation is 1. The maximum absolute atomic E-state index is 8.71. The van der Waals surface area contributed by atoms with Gasteiger partial charge in [-0.2, -0.15) is 5.26 Å². The smallest absolute Gasteiger partial charge is 0.110 e. The standard InChI is InChI=1S/C9H7NS3/c1-2-6-8(11)9-7(13-6)3-5(4-10)12-9/h3,11H,2H2,1H3. The Morgan fingerprint density at radius 1 is 1.54 bits per heavy atom. The van der Waals surface area contributed by atoms with Crippen LogP contribution in [0.2, 0.25) is 0 Å². The first-order valence-corrected chi connectivity index (χ1v) is 5.98. The highest BCUT2D eigenvalue weighted by molar-refractivity contribution is 7.81. The molecule has 13 heavy (non-hydrogen) atoms. The summed E-state index contributed by atoms with van der Waals surface area (Å²) in [6.45, 7) is 2.13. The van der Waals surface area contributed by atoms with Crippen LogP contribution in [-0.2, 0) is 6.42 Å². The summed E-state index contributed by atoms with van der Waals surface area (Å²) in [5.74, 6) is 0. The summed E-state index contributed by atoms with van der Waals surface area (Å²) >= 11 is 7.73. The van der Waals surface area contributed by atoms with Crippen LogP contribution in [0.25, 0.3) is 9.40 Å². The fourth-order valence-corrected chi connectivity index (χ4v) is 4.04. The molecule has 0 spiro atoms. The molecule has 0 aliphatic carbocycles. The van der Waals surface area contributed by atoms with Gasteiger partial charge in [0, 0.05) is 14.5 Å². The van der Waals surface area contributed by atoms with E-state index in [1.165, 1.54) is 25.6 Å². The van der Waals surface area contributed by atoms with Crippen molar-refractivity contribution < 1.29 is 0 Å². The van der Waals surface area contributed by atoms with Gasteiger partial charge in [0.2, 0.25) is 0 Å². The van der Waals surface area contributed by atoms with Crippen molar-refractivity contribution in [2.45, 2.75) is 18.2 Å². The van der Waals surface area contributed by atoms with Gasteiger partial charge in [-0.05, 0) is 12.5 Å². The number of nitriles is 1. The SMILES string of the molecule is CCc1sc2cc(C#N)sc2c1S. The zero-order chi connectivity index (χ0) is 9.42. The van der Waals surface area contributed by atoms with Crippen LogP contribution < -0.4 is 0 Å². The van der Waals surface area contributed by atoms with E-state index in [1.807, 2.05) is 6.07 Å². The van der Waals surface area contributed by atoms with Gasteiger partial charge >= 0.3 is 0 Å². The zero-order valence-electron chi connectivity index (χ0n) is 7.00. The third-order valence-electron chi connectivity index (χ3n) is 1.84. The molecule has 0 aliphatic heterocycles. The quantitative estimate of drug-likeness (QED) is 0.735.